The molecule has 2 aromatic carbocycles. The van der Waals surface area contributed by atoms with E-state index in [2.05, 4.69) is 15.5 Å². The zero-order valence-corrected chi connectivity index (χ0v) is 21.7. The summed E-state index contributed by atoms with van der Waals surface area (Å²) in [5.41, 5.74) is 1.04. The van der Waals surface area contributed by atoms with Crippen LogP contribution in [-0.2, 0) is 16.1 Å². The molecule has 0 aromatic heterocycles. The van der Waals surface area contributed by atoms with Crippen molar-refractivity contribution >= 4 is 18.0 Å². The van der Waals surface area contributed by atoms with Crippen LogP contribution in [0.4, 0.5) is 9.59 Å². The number of likely N-dealkylation sites (tertiary alicyclic amines) is 1. The Bertz CT molecular complexity index is 1080. The molecule has 2 fully saturated rings. The van der Waals surface area contributed by atoms with E-state index in [1.165, 1.54) is 4.90 Å². The van der Waals surface area contributed by atoms with Crippen LogP contribution in [0.25, 0.3) is 0 Å². The Morgan fingerprint density at radius 2 is 1.73 bits per heavy atom. The van der Waals surface area contributed by atoms with Gasteiger partial charge in [0.15, 0.2) is 0 Å². The maximum Gasteiger partial charge on any atom is 0.407 e. The maximum atomic E-state index is 13.3. The van der Waals surface area contributed by atoms with Crippen LogP contribution in [-0.4, -0.2) is 66.2 Å². The SMILES string of the molecule is COc1ccc(CN2C(=O)NC3(CCN(CC[C@H](NC(=O)OC(C)C)c4ccccc4)CC3)C2=O)cc1. The number of hydrogen-bond acceptors (Lipinski definition) is 6. The highest BCUT2D eigenvalue weighted by atomic mass is 16.6. The van der Waals surface area contributed by atoms with E-state index in [0.717, 1.165) is 23.4 Å². The molecule has 2 aliphatic rings. The van der Waals surface area contributed by atoms with Gasteiger partial charge in [-0.2, -0.15) is 0 Å². The minimum Gasteiger partial charge on any atom is -0.497 e. The Morgan fingerprint density at radius 3 is 2.35 bits per heavy atom. The second kappa shape index (κ2) is 11.6. The molecule has 0 saturated carbocycles. The molecule has 4 rings (SSSR count). The summed E-state index contributed by atoms with van der Waals surface area (Å²) >= 11 is 0. The molecule has 2 heterocycles. The first-order valence-electron chi connectivity index (χ1n) is 12.8. The molecule has 4 amide bonds. The lowest BCUT2D eigenvalue weighted by Gasteiger charge is -2.37. The van der Waals surface area contributed by atoms with Crippen molar-refractivity contribution in [2.45, 2.75) is 57.3 Å². The van der Waals surface area contributed by atoms with E-state index in [1.807, 2.05) is 68.4 Å². The Balaban J connectivity index is 1.33. The molecule has 9 nitrogen and oxygen atoms in total. The number of urea groups is 1. The highest BCUT2D eigenvalue weighted by molar-refractivity contribution is 6.07. The first-order valence-corrected chi connectivity index (χ1v) is 12.8. The van der Waals surface area contributed by atoms with Gasteiger partial charge in [-0.25, -0.2) is 9.59 Å². The van der Waals surface area contributed by atoms with Crippen LogP contribution in [0.2, 0.25) is 0 Å². The first-order chi connectivity index (χ1) is 17.8. The summed E-state index contributed by atoms with van der Waals surface area (Å²) in [4.78, 5) is 41.9. The summed E-state index contributed by atoms with van der Waals surface area (Å²) in [7, 11) is 1.60. The van der Waals surface area contributed by atoms with Crippen molar-refractivity contribution in [2.75, 3.05) is 26.7 Å². The largest absolute Gasteiger partial charge is 0.497 e. The van der Waals surface area contributed by atoms with Gasteiger partial charge >= 0.3 is 12.1 Å². The summed E-state index contributed by atoms with van der Waals surface area (Å²) in [6.07, 6.45) is 1.18. The second-order valence-corrected chi connectivity index (χ2v) is 9.94. The highest BCUT2D eigenvalue weighted by Crippen LogP contribution is 2.31. The van der Waals surface area contributed by atoms with E-state index in [4.69, 9.17) is 9.47 Å². The number of methoxy groups -OCH3 is 1. The predicted molar refractivity (Wildman–Crippen MR) is 139 cm³/mol. The summed E-state index contributed by atoms with van der Waals surface area (Å²) in [6, 6.07) is 16.7. The summed E-state index contributed by atoms with van der Waals surface area (Å²) < 4.78 is 10.5. The average molecular weight is 509 g/mol. The van der Waals surface area contributed by atoms with Crippen LogP contribution >= 0.6 is 0 Å². The van der Waals surface area contributed by atoms with Crippen LogP contribution in [0.3, 0.4) is 0 Å². The summed E-state index contributed by atoms with van der Waals surface area (Å²) in [6.45, 7) is 5.98. The molecular formula is C28H36N4O5. The minimum absolute atomic E-state index is 0.159. The van der Waals surface area contributed by atoms with Gasteiger partial charge in [0.05, 0.1) is 25.8 Å². The first kappa shape index (κ1) is 26.5. The average Bonchev–Trinajstić information content (AvgIpc) is 3.12. The van der Waals surface area contributed by atoms with Crippen molar-refractivity contribution in [2.24, 2.45) is 0 Å². The fraction of sp³-hybridized carbons (Fsp3) is 0.464. The lowest BCUT2D eigenvalue weighted by atomic mass is 9.87. The van der Waals surface area contributed by atoms with Gasteiger partial charge in [-0.1, -0.05) is 42.5 Å². The number of benzene rings is 2. The number of carbonyl (C=O) groups is 3. The van der Waals surface area contributed by atoms with E-state index < -0.39 is 11.6 Å². The molecule has 0 radical (unpaired) electrons. The molecule has 1 atom stereocenters. The molecule has 2 aliphatic heterocycles. The number of nitrogens with zero attached hydrogens (tertiary/aromatic N) is 2. The molecule has 2 N–H and O–H groups in total. The fourth-order valence-corrected chi connectivity index (χ4v) is 4.94. The van der Waals surface area contributed by atoms with Gasteiger partial charge in [0, 0.05) is 19.6 Å². The number of piperidine rings is 1. The smallest absolute Gasteiger partial charge is 0.407 e. The van der Waals surface area contributed by atoms with Gasteiger partial charge in [-0.3, -0.25) is 9.69 Å². The third-order valence-corrected chi connectivity index (χ3v) is 7.03. The molecule has 9 heteroatoms. The topological polar surface area (TPSA) is 100 Å². The lowest BCUT2D eigenvalue weighted by Crippen LogP contribution is -2.55. The molecule has 0 aliphatic carbocycles. The molecule has 0 bridgehead atoms. The third kappa shape index (κ3) is 6.40. The number of rotatable bonds is 9. The molecule has 1 spiro atoms. The Labute approximate surface area is 218 Å². The van der Waals surface area contributed by atoms with Gasteiger partial charge in [-0.05, 0) is 56.4 Å². The van der Waals surface area contributed by atoms with Gasteiger partial charge < -0.3 is 25.0 Å². The zero-order valence-electron chi connectivity index (χ0n) is 21.7. The van der Waals surface area contributed by atoms with Crippen LogP contribution < -0.4 is 15.4 Å². The minimum atomic E-state index is -0.849. The highest BCUT2D eigenvalue weighted by Gasteiger charge is 2.52. The van der Waals surface area contributed by atoms with Crippen molar-refractivity contribution in [3.8, 4) is 5.75 Å². The maximum absolute atomic E-state index is 13.3. The fourth-order valence-electron chi connectivity index (χ4n) is 4.94. The van der Waals surface area contributed by atoms with Crippen molar-refractivity contribution in [3.63, 3.8) is 0 Å². The van der Waals surface area contributed by atoms with E-state index in [-0.39, 0.29) is 30.6 Å². The molecule has 198 valence electrons. The molecule has 0 unspecified atom stereocenters. The number of imide groups is 1. The van der Waals surface area contributed by atoms with Gasteiger partial charge in [-0.15, -0.1) is 0 Å². The molecule has 2 aromatic rings. The van der Waals surface area contributed by atoms with E-state index in [1.54, 1.807) is 7.11 Å². The van der Waals surface area contributed by atoms with Crippen LogP contribution in [0.15, 0.2) is 54.6 Å². The third-order valence-electron chi connectivity index (χ3n) is 7.03. The molecular weight excluding hydrogens is 472 g/mol. The standard InChI is InChI=1S/C28H36N4O5/c1-20(2)37-27(35)29-24(22-7-5-4-6-8-22)13-16-31-17-14-28(15-18-31)25(33)32(26(34)30-28)19-21-9-11-23(36-3)12-10-21/h4-12,20,24H,13-19H2,1-3H3,(H,29,35)(H,30,34)/t24-/m0/s1. The van der Waals surface area contributed by atoms with E-state index >= 15 is 0 Å². The second-order valence-electron chi connectivity index (χ2n) is 9.94. The van der Waals surface area contributed by atoms with Crippen LogP contribution in [0.5, 0.6) is 5.75 Å². The lowest BCUT2D eigenvalue weighted by molar-refractivity contribution is -0.133. The molecule has 2 saturated heterocycles. The molecule has 37 heavy (non-hydrogen) atoms. The quantitative estimate of drug-likeness (QED) is 0.499. The van der Waals surface area contributed by atoms with Crippen LogP contribution in [0.1, 0.15) is 50.3 Å². The summed E-state index contributed by atoms with van der Waals surface area (Å²) in [5, 5.41) is 5.97. The number of ether oxygens (including phenoxy) is 2. The van der Waals surface area contributed by atoms with E-state index in [0.29, 0.717) is 32.4 Å². The van der Waals surface area contributed by atoms with Crippen LogP contribution in [0, 0.1) is 0 Å². The Morgan fingerprint density at radius 1 is 1.05 bits per heavy atom. The van der Waals surface area contributed by atoms with Gasteiger partial charge in [0.1, 0.15) is 11.3 Å². The number of alkyl carbamates (subject to hydrolysis) is 1. The zero-order chi connectivity index (χ0) is 26.4. The number of nitrogens with one attached hydrogen (secondary N) is 2. The normalized spacial score (nSPS) is 18.1. The summed E-state index contributed by atoms with van der Waals surface area (Å²) in [5.74, 6) is 0.569. The Hall–Kier alpha value is -3.59. The van der Waals surface area contributed by atoms with E-state index in [9.17, 15) is 14.4 Å². The number of hydrogen-bond donors (Lipinski definition) is 2. The van der Waals surface area contributed by atoms with Crippen molar-refractivity contribution < 1.29 is 23.9 Å². The predicted octanol–water partition coefficient (Wildman–Crippen LogP) is 3.85. The van der Waals surface area contributed by atoms with Gasteiger partial charge in [0.25, 0.3) is 5.91 Å². The van der Waals surface area contributed by atoms with Crippen molar-refractivity contribution in [3.05, 3.63) is 65.7 Å². The number of amides is 4. The monoisotopic (exact) mass is 508 g/mol. The van der Waals surface area contributed by atoms with Gasteiger partial charge in [0.2, 0.25) is 0 Å². The van der Waals surface area contributed by atoms with Crippen molar-refractivity contribution in [1.82, 2.24) is 20.4 Å². The Kier molecular flexibility index (Phi) is 8.33. The number of carbonyl (C=O) groups excluding carboxylic acids is 3. The van der Waals surface area contributed by atoms with Crippen molar-refractivity contribution in [1.29, 1.82) is 0 Å².